The van der Waals surface area contributed by atoms with E-state index in [-0.39, 0.29) is 6.10 Å². The number of hydrogen-bond donors (Lipinski definition) is 2. The first-order chi connectivity index (χ1) is 7.75. The van der Waals surface area contributed by atoms with E-state index in [0.717, 1.165) is 37.8 Å². The summed E-state index contributed by atoms with van der Waals surface area (Å²) in [5.74, 6) is 0. The maximum absolute atomic E-state index is 9.40. The average Bonchev–Trinajstić information content (AvgIpc) is 2.30. The fraction of sp³-hybridized carbons (Fsp3) is 0.583. The summed E-state index contributed by atoms with van der Waals surface area (Å²) in [5.41, 5.74) is 1.04. The highest BCUT2D eigenvalue weighted by atomic mass is 35.5. The molecule has 2 N–H and O–H groups in total. The Bertz CT molecular complexity index is 338. The molecule has 0 amide bonds. The Kier molecular flexibility index (Phi) is 4.16. The van der Waals surface area contributed by atoms with Crippen LogP contribution in [0.4, 0.5) is 0 Å². The van der Waals surface area contributed by atoms with Crippen LogP contribution in [0.15, 0.2) is 18.3 Å². The van der Waals surface area contributed by atoms with Gasteiger partial charge in [-0.15, -0.1) is 0 Å². The average molecular weight is 241 g/mol. The lowest BCUT2D eigenvalue weighted by Crippen LogP contribution is -2.34. The summed E-state index contributed by atoms with van der Waals surface area (Å²) in [5, 5.41) is 13.4. The molecule has 1 heterocycles. The number of hydrogen-bond acceptors (Lipinski definition) is 3. The molecule has 0 unspecified atom stereocenters. The lowest BCUT2D eigenvalue weighted by Gasteiger charge is -2.26. The first-order valence-corrected chi connectivity index (χ1v) is 6.14. The highest BCUT2D eigenvalue weighted by Gasteiger charge is 2.18. The fourth-order valence-corrected chi connectivity index (χ4v) is 2.27. The third kappa shape index (κ3) is 3.17. The minimum atomic E-state index is -0.0972. The number of rotatable bonds is 3. The fourth-order valence-electron chi connectivity index (χ4n) is 2.09. The lowest BCUT2D eigenvalue weighted by atomic mass is 9.93. The number of aliphatic hydroxyl groups is 1. The van der Waals surface area contributed by atoms with Crippen LogP contribution in [0.3, 0.4) is 0 Å². The molecule has 0 radical (unpaired) electrons. The molecule has 0 spiro atoms. The summed E-state index contributed by atoms with van der Waals surface area (Å²) >= 11 is 5.97. The van der Waals surface area contributed by atoms with Crippen LogP contribution < -0.4 is 5.32 Å². The predicted octanol–water partition coefficient (Wildman–Crippen LogP) is 2.13. The largest absolute Gasteiger partial charge is 0.393 e. The molecule has 1 aliphatic carbocycles. The maximum atomic E-state index is 9.40. The topological polar surface area (TPSA) is 45.1 Å². The van der Waals surface area contributed by atoms with Gasteiger partial charge in [0.15, 0.2) is 0 Å². The number of pyridine rings is 1. The van der Waals surface area contributed by atoms with Crippen molar-refractivity contribution in [3.63, 3.8) is 0 Å². The molecule has 0 bridgehead atoms. The number of halogens is 1. The van der Waals surface area contributed by atoms with Gasteiger partial charge in [-0.05, 0) is 31.7 Å². The van der Waals surface area contributed by atoms with Gasteiger partial charge < -0.3 is 10.4 Å². The van der Waals surface area contributed by atoms with Crippen LogP contribution in [0.25, 0.3) is 0 Å². The Morgan fingerprint density at radius 2 is 2.12 bits per heavy atom. The van der Waals surface area contributed by atoms with Crippen molar-refractivity contribution in [3.8, 4) is 0 Å². The summed E-state index contributed by atoms with van der Waals surface area (Å²) in [6, 6.07) is 4.38. The van der Waals surface area contributed by atoms with E-state index < -0.39 is 0 Å². The third-order valence-corrected chi connectivity index (χ3v) is 3.45. The zero-order valence-corrected chi connectivity index (χ0v) is 9.95. The molecule has 0 saturated heterocycles. The molecule has 2 rings (SSSR count). The Morgan fingerprint density at radius 3 is 2.81 bits per heavy atom. The molecule has 1 aromatic heterocycles. The summed E-state index contributed by atoms with van der Waals surface area (Å²) < 4.78 is 0. The first kappa shape index (κ1) is 11.8. The van der Waals surface area contributed by atoms with E-state index in [1.807, 2.05) is 12.1 Å². The van der Waals surface area contributed by atoms with E-state index in [9.17, 15) is 5.11 Å². The Balaban J connectivity index is 1.81. The molecule has 0 aliphatic heterocycles. The van der Waals surface area contributed by atoms with Gasteiger partial charge in [-0.1, -0.05) is 17.7 Å². The second-order valence-corrected chi connectivity index (χ2v) is 4.70. The number of nitrogens with one attached hydrogen (secondary N) is 1. The van der Waals surface area contributed by atoms with E-state index >= 15 is 0 Å². The molecule has 0 atom stereocenters. The van der Waals surface area contributed by atoms with Gasteiger partial charge in [-0.2, -0.15) is 0 Å². The van der Waals surface area contributed by atoms with Crippen molar-refractivity contribution in [2.75, 3.05) is 0 Å². The van der Waals surface area contributed by atoms with Gasteiger partial charge in [-0.25, -0.2) is 4.98 Å². The molecule has 1 fully saturated rings. The molecule has 1 aromatic rings. The third-order valence-electron chi connectivity index (χ3n) is 3.11. The van der Waals surface area contributed by atoms with E-state index in [1.54, 1.807) is 6.20 Å². The second-order valence-electron chi connectivity index (χ2n) is 4.34. The highest BCUT2D eigenvalue weighted by Crippen LogP contribution is 2.19. The van der Waals surface area contributed by atoms with E-state index in [4.69, 9.17) is 11.6 Å². The van der Waals surface area contributed by atoms with Crippen LogP contribution in [0, 0.1) is 0 Å². The van der Waals surface area contributed by atoms with Gasteiger partial charge in [0.2, 0.25) is 0 Å². The van der Waals surface area contributed by atoms with Crippen molar-refractivity contribution in [2.24, 2.45) is 0 Å². The Morgan fingerprint density at radius 1 is 1.38 bits per heavy atom. The SMILES string of the molecule is OC1CCC(NCc2cccnc2Cl)CC1. The first-order valence-electron chi connectivity index (χ1n) is 5.76. The van der Waals surface area contributed by atoms with Crippen LogP contribution in [0.2, 0.25) is 5.15 Å². The highest BCUT2D eigenvalue weighted by molar-refractivity contribution is 6.30. The smallest absolute Gasteiger partial charge is 0.133 e. The van der Waals surface area contributed by atoms with Gasteiger partial charge in [0.05, 0.1) is 6.10 Å². The lowest BCUT2D eigenvalue weighted by molar-refractivity contribution is 0.116. The molecular formula is C12H17ClN2O. The number of nitrogens with zero attached hydrogens (tertiary/aromatic N) is 1. The van der Waals surface area contributed by atoms with Gasteiger partial charge in [0, 0.05) is 24.3 Å². The van der Waals surface area contributed by atoms with E-state index in [1.165, 1.54) is 0 Å². The minimum Gasteiger partial charge on any atom is -0.393 e. The van der Waals surface area contributed by atoms with Crippen molar-refractivity contribution >= 4 is 11.6 Å². The van der Waals surface area contributed by atoms with Crippen LogP contribution in [-0.4, -0.2) is 22.2 Å². The summed E-state index contributed by atoms with van der Waals surface area (Å²) in [6.07, 6.45) is 5.48. The summed E-state index contributed by atoms with van der Waals surface area (Å²) in [6.45, 7) is 0.757. The zero-order valence-electron chi connectivity index (χ0n) is 9.19. The van der Waals surface area contributed by atoms with E-state index in [2.05, 4.69) is 10.3 Å². The molecule has 1 aliphatic rings. The molecule has 16 heavy (non-hydrogen) atoms. The van der Waals surface area contributed by atoms with Gasteiger partial charge in [0.25, 0.3) is 0 Å². The molecule has 4 heteroatoms. The van der Waals surface area contributed by atoms with E-state index in [0.29, 0.717) is 11.2 Å². The van der Waals surface area contributed by atoms with Crippen molar-refractivity contribution < 1.29 is 5.11 Å². The van der Waals surface area contributed by atoms with Crippen molar-refractivity contribution in [3.05, 3.63) is 29.0 Å². The molecule has 1 saturated carbocycles. The minimum absolute atomic E-state index is 0.0972. The predicted molar refractivity (Wildman–Crippen MR) is 64.3 cm³/mol. The van der Waals surface area contributed by atoms with Crippen LogP contribution in [-0.2, 0) is 6.54 Å². The standard InChI is InChI=1S/C12H17ClN2O/c13-12-9(2-1-7-14-12)8-15-10-3-5-11(16)6-4-10/h1-2,7,10-11,15-16H,3-6,8H2. The van der Waals surface area contributed by atoms with Crippen molar-refractivity contribution in [2.45, 2.75) is 44.4 Å². The van der Waals surface area contributed by atoms with Crippen molar-refractivity contribution in [1.29, 1.82) is 0 Å². The summed E-state index contributed by atoms with van der Waals surface area (Å²) in [4.78, 5) is 4.04. The Labute approximate surface area is 101 Å². The molecule has 3 nitrogen and oxygen atoms in total. The van der Waals surface area contributed by atoms with Gasteiger partial charge in [-0.3, -0.25) is 0 Å². The zero-order chi connectivity index (χ0) is 11.4. The van der Waals surface area contributed by atoms with Crippen molar-refractivity contribution in [1.82, 2.24) is 10.3 Å². The molecular weight excluding hydrogens is 224 g/mol. The van der Waals surface area contributed by atoms with Crippen LogP contribution in [0.1, 0.15) is 31.2 Å². The quantitative estimate of drug-likeness (QED) is 0.796. The van der Waals surface area contributed by atoms with Crippen LogP contribution in [0.5, 0.6) is 0 Å². The number of aromatic nitrogens is 1. The Hall–Kier alpha value is -0.640. The van der Waals surface area contributed by atoms with Gasteiger partial charge >= 0.3 is 0 Å². The molecule has 88 valence electrons. The second kappa shape index (κ2) is 5.62. The number of aliphatic hydroxyl groups excluding tert-OH is 1. The summed E-state index contributed by atoms with van der Waals surface area (Å²) in [7, 11) is 0. The normalized spacial score (nSPS) is 25.6. The molecule has 0 aromatic carbocycles. The van der Waals surface area contributed by atoms with Gasteiger partial charge in [0.1, 0.15) is 5.15 Å². The maximum Gasteiger partial charge on any atom is 0.133 e. The van der Waals surface area contributed by atoms with Crippen LogP contribution >= 0.6 is 11.6 Å². The monoisotopic (exact) mass is 240 g/mol.